The standard InChI is InChI=1S/C14H20N2O5/c1-9-10(14(19)21-3)6-7-12(15-9)16-11(13(17)18)5-4-8-20-2/h6-7,11H,4-5,8H2,1-3H3,(H,15,16)(H,17,18). The number of pyridine rings is 1. The van der Waals surface area contributed by atoms with Crippen molar-refractivity contribution in [2.45, 2.75) is 25.8 Å². The summed E-state index contributed by atoms with van der Waals surface area (Å²) in [6.45, 7) is 2.16. The van der Waals surface area contributed by atoms with Crippen LogP contribution in [0, 0.1) is 6.92 Å². The van der Waals surface area contributed by atoms with E-state index in [1.807, 2.05) is 0 Å². The van der Waals surface area contributed by atoms with E-state index in [4.69, 9.17) is 4.74 Å². The van der Waals surface area contributed by atoms with Crippen LogP contribution in [0.15, 0.2) is 12.1 Å². The third-order valence-electron chi connectivity index (χ3n) is 2.95. The van der Waals surface area contributed by atoms with Crippen molar-refractivity contribution in [2.75, 3.05) is 26.1 Å². The van der Waals surface area contributed by atoms with Crippen molar-refractivity contribution >= 4 is 17.8 Å². The summed E-state index contributed by atoms with van der Waals surface area (Å²) < 4.78 is 9.54. The first-order chi connectivity index (χ1) is 9.99. The Labute approximate surface area is 123 Å². The lowest BCUT2D eigenvalue weighted by Gasteiger charge is -2.15. The number of aliphatic carboxylic acids is 1. The minimum Gasteiger partial charge on any atom is -0.480 e. The second-order valence-corrected chi connectivity index (χ2v) is 4.49. The molecule has 0 saturated carbocycles. The van der Waals surface area contributed by atoms with E-state index in [2.05, 4.69) is 15.0 Å². The van der Waals surface area contributed by atoms with Gasteiger partial charge in [0.05, 0.1) is 18.4 Å². The summed E-state index contributed by atoms with van der Waals surface area (Å²) in [5.41, 5.74) is 0.835. The highest BCUT2D eigenvalue weighted by molar-refractivity contribution is 5.90. The molecule has 0 aliphatic heterocycles. The summed E-state index contributed by atoms with van der Waals surface area (Å²) in [4.78, 5) is 26.8. The smallest absolute Gasteiger partial charge is 0.339 e. The van der Waals surface area contributed by atoms with E-state index in [1.54, 1.807) is 26.2 Å². The predicted molar refractivity (Wildman–Crippen MR) is 76.5 cm³/mol. The average molecular weight is 296 g/mol. The summed E-state index contributed by atoms with van der Waals surface area (Å²) in [6.07, 6.45) is 1.04. The number of hydrogen-bond donors (Lipinski definition) is 2. The van der Waals surface area contributed by atoms with Crippen LogP contribution in [-0.2, 0) is 14.3 Å². The van der Waals surface area contributed by atoms with E-state index >= 15 is 0 Å². The number of nitrogens with one attached hydrogen (secondary N) is 1. The van der Waals surface area contributed by atoms with E-state index in [9.17, 15) is 14.7 Å². The van der Waals surface area contributed by atoms with Crippen molar-refractivity contribution in [3.63, 3.8) is 0 Å². The molecule has 1 unspecified atom stereocenters. The van der Waals surface area contributed by atoms with Crippen molar-refractivity contribution in [3.05, 3.63) is 23.4 Å². The largest absolute Gasteiger partial charge is 0.480 e. The number of aromatic nitrogens is 1. The Bertz CT molecular complexity index is 504. The van der Waals surface area contributed by atoms with Gasteiger partial charge in [-0.15, -0.1) is 0 Å². The van der Waals surface area contributed by atoms with Gasteiger partial charge in [-0.3, -0.25) is 0 Å². The number of carboxylic acids is 1. The van der Waals surface area contributed by atoms with Crippen LogP contribution in [0.2, 0.25) is 0 Å². The van der Waals surface area contributed by atoms with Crippen molar-refractivity contribution in [1.82, 2.24) is 4.98 Å². The number of carbonyl (C=O) groups excluding carboxylic acids is 1. The lowest BCUT2D eigenvalue weighted by Crippen LogP contribution is -2.30. The van der Waals surface area contributed by atoms with E-state index < -0.39 is 18.0 Å². The van der Waals surface area contributed by atoms with E-state index in [0.717, 1.165) is 0 Å². The number of anilines is 1. The molecule has 1 atom stereocenters. The fourth-order valence-corrected chi connectivity index (χ4v) is 1.83. The first kappa shape index (κ1) is 16.9. The number of methoxy groups -OCH3 is 2. The van der Waals surface area contributed by atoms with E-state index in [0.29, 0.717) is 36.5 Å². The fraction of sp³-hybridized carbons (Fsp3) is 0.500. The van der Waals surface area contributed by atoms with Gasteiger partial charge >= 0.3 is 11.9 Å². The summed E-state index contributed by atoms with van der Waals surface area (Å²) in [5, 5.41) is 12.0. The summed E-state index contributed by atoms with van der Waals surface area (Å²) in [7, 11) is 2.86. The molecule has 1 rings (SSSR count). The van der Waals surface area contributed by atoms with Gasteiger partial charge in [0.1, 0.15) is 11.9 Å². The third kappa shape index (κ3) is 5.03. The highest BCUT2D eigenvalue weighted by atomic mass is 16.5. The molecule has 0 aliphatic carbocycles. The Morgan fingerprint density at radius 2 is 2.10 bits per heavy atom. The molecule has 7 heteroatoms. The summed E-state index contributed by atoms with van der Waals surface area (Å²) in [5.74, 6) is -1.02. The van der Waals surface area contributed by atoms with Crippen molar-refractivity contribution < 1.29 is 24.2 Å². The lowest BCUT2D eigenvalue weighted by atomic mass is 10.1. The molecular formula is C14H20N2O5. The molecule has 116 valence electrons. The Morgan fingerprint density at radius 1 is 1.38 bits per heavy atom. The van der Waals surface area contributed by atoms with Crippen LogP contribution in [0.3, 0.4) is 0 Å². The zero-order valence-corrected chi connectivity index (χ0v) is 12.4. The van der Waals surface area contributed by atoms with Crippen molar-refractivity contribution in [2.24, 2.45) is 0 Å². The molecular weight excluding hydrogens is 276 g/mol. The molecule has 0 amide bonds. The number of carboxylic acid groups (broad SMARTS) is 1. The Morgan fingerprint density at radius 3 is 2.62 bits per heavy atom. The van der Waals surface area contributed by atoms with Crippen molar-refractivity contribution in [1.29, 1.82) is 0 Å². The molecule has 0 spiro atoms. The number of hydrogen-bond acceptors (Lipinski definition) is 6. The van der Waals surface area contributed by atoms with Gasteiger partial charge in [-0.05, 0) is 31.9 Å². The quantitative estimate of drug-likeness (QED) is 0.553. The van der Waals surface area contributed by atoms with Crippen LogP contribution in [0.1, 0.15) is 28.9 Å². The number of nitrogens with zero attached hydrogens (tertiary/aromatic N) is 1. The molecule has 21 heavy (non-hydrogen) atoms. The maximum absolute atomic E-state index is 11.5. The highest BCUT2D eigenvalue weighted by Gasteiger charge is 2.18. The van der Waals surface area contributed by atoms with Gasteiger partial charge < -0.3 is 19.9 Å². The van der Waals surface area contributed by atoms with Crippen molar-refractivity contribution in [3.8, 4) is 0 Å². The molecule has 0 aliphatic rings. The molecule has 0 fully saturated rings. The Kier molecular flexibility index (Phi) is 6.61. The fourth-order valence-electron chi connectivity index (χ4n) is 1.83. The van der Waals surface area contributed by atoms with Crippen LogP contribution in [-0.4, -0.2) is 48.9 Å². The topological polar surface area (TPSA) is 97.8 Å². The van der Waals surface area contributed by atoms with Crippen LogP contribution in [0.4, 0.5) is 5.82 Å². The van der Waals surface area contributed by atoms with Crippen LogP contribution < -0.4 is 5.32 Å². The molecule has 0 bridgehead atoms. The molecule has 0 radical (unpaired) electrons. The molecule has 1 aromatic rings. The van der Waals surface area contributed by atoms with Crippen LogP contribution in [0.5, 0.6) is 0 Å². The van der Waals surface area contributed by atoms with Gasteiger partial charge in [0, 0.05) is 13.7 Å². The second-order valence-electron chi connectivity index (χ2n) is 4.49. The summed E-state index contributed by atoms with van der Waals surface area (Å²) in [6, 6.07) is 2.37. The minimum absolute atomic E-state index is 0.356. The average Bonchev–Trinajstić information content (AvgIpc) is 2.45. The first-order valence-electron chi connectivity index (χ1n) is 6.53. The summed E-state index contributed by atoms with van der Waals surface area (Å²) >= 11 is 0. The van der Waals surface area contributed by atoms with E-state index in [-0.39, 0.29) is 0 Å². The number of aryl methyl sites for hydroxylation is 1. The normalized spacial score (nSPS) is 11.8. The molecule has 1 heterocycles. The van der Waals surface area contributed by atoms with Gasteiger partial charge in [0.2, 0.25) is 0 Å². The first-order valence-corrected chi connectivity index (χ1v) is 6.53. The molecule has 0 aromatic carbocycles. The maximum atomic E-state index is 11.5. The van der Waals surface area contributed by atoms with E-state index in [1.165, 1.54) is 7.11 Å². The SMILES string of the molecule is COCCCC(Nc1ccc(C(=O)OC)c(C)n1)C(=O)O. The molecule has 2 N–H and O–H groups in total. The predicted octanol–water partition coefficient (Wildman–Crippen LogP) is 1.47. The molecule has 0 saturated heterocycles. The molecule has 1 aromatic heterocycles. The second kappa shape index (κ2) is 8.21. The molecule has 7 nitrogen and oxygen atoms in total. The lowest BCUT2D eigenvalue weighted by molar-refractivity contribution is -0.138. The minimum atomic E-state index is -0.956. The van der Waals surface area contributed by atoms with Crippen LogP contribution >= 0.6 is 0 Å². The zero-order chi connectivity index (χ0) is 15.8. The third-order valence-corrected chi connectivity index (χ3v) is 2.95. The number of rotatable bonds is 8. The van der Waals surface area contributed by atoms with Gasteiger partial charge in [-0.2, -0.15) is 0 Å². The van der Waals surface area contributed by atoms with Gasteiger partial charge in [-0.1, -0.05) is 0 Å². The Balaban J connectivity index is 2.78. The van der Waals surface area contributed by atoms with Crippen LogP contribution in [0.25, 0.3) is 0 Å². The highest BCUT2D eigenvalue weighted by Crippen LogP contribution is 2.14. The maximum Gasteiger partial charge on any atom is 0.339 e. The number of carbonyl (C=O) groups is 2. The van der Waals surface area contributed by atoms with Gasteiger partial charge in [0.25, 0.3) is 0 Å². The van der Waals surface area contributed by atoms with Gasteiger partial charge in [-0.25, -0.2) is 14.6 Å². The van der Waals surface area contributed by atoms with Gasteiger partial charge in [0.15, 0.2) is 0 Å². The number of ether oxygens (including phenoxy) is 2. The monoisotopic (exact) mass is 296 g/mol. The zero-order valence-electron chi connectivity index (χ0n) is 12.4. The number of esters is 1. The Hall–Kier alpha value is -2.15.